The van der Waals surface area contributed by atoms with E-state index in [1.54, 1.807) is 11.3 Å². The van der Waals surface area contributed by atoms with Crippen molar-refractivity contribution in [2.75, 3.05) is 5.75 Å². The number of amides is 1. The Bertz CT molecular complexity index is 1020. The van der Waals surface area contributed by atoms with Crippen molar-refractivity contribution in [3.8, 4) is 0 Å². The van der Waals surface area contributed by atoms with Gasteiger partial charge in [0.05, 0.1) is 11.6 Å². The fourth-order valence-electron chi connectivity index (χ4n) is 3.00. The van der Waals surface area contributed by atoms with E-state index in [2.05, 4.69) is 10.4 Å². The number of thioether (sulfide) groups is 1. The zero-order chi connectivity index (χ0) is 18.1. The molecular formula is C19H18N4O2S. The van der Waals surface area contributed by atoms with E-state index in [1.807, 2.05) is 56.3 Å². The summed E-state index contributed by atoms with van der Waals surface area (Å²) in [6.07, 6.45) is 3.16. The minimum absolute atomic E-state index is 0.158. The normalized spacial score (nSPS) is 19.3. The minimum Gasteiger partial charge on any atom is -0.465 e. The second-order valence-corrected chi connectivity index (χ2v) is 7.16. The Morgan fingerprint density at radius 2 is 2.19 bits per heavy atom. The molecular weight excluding hydrogens is 348 g/mol. The van der Waals surface area contributed by atoms with Crippen molar-refractivity contribution >= 4 is 34.6 Å². The van der Waals surface area contributed by atoms with Crippen LogP contribution in [0.3, 0.4) is 0 Å². The summed E-state index contributed by atoms with van der Waals surface area (Å²) in [5.74, 6) is 1.41. The number of hydrogen-bond acceptors (Lipinski definition) is 6. The van der Waals surface area contributed by atoms with Crippen LogP contribution in [0.4, 0.5) is 0 Å². The number of carbonyl (C=O) groups excluding carboxylic acids is 1. The molecule has 2 aromatic rings. The first-order valence-corrected chi connectivity index (χ1v) is 9.37. The van der Waals surface area contributed by atoms with Crippen molar-refractivity contribution in [3.05, 3.63) is 64.6 Å². The Kier molecular flexibility index (Phi) is 4.38. The molecule has 1 N–H and O–H groups in total. The Hall–Kier alpha value is -2.80. The number of amidine groups is 1. The molecule has 0 spiro atoms. The van der Waals surface area contributed by atoms with Crippen LogP contribution in [0.15, 0.2) is 62.7 Å². The van der Waals surface area contributed by atoms with Crippen LogP contribution in [-0.2, 0) is 4.79 Å². The maximum atomic E-state index is 12.8. The number of benzene rings is 1. The summed E-state index contributed by atoms with van der Waals surface area (Å²) in [7, 11) is 0. The summed E-state index contributed by atoms with van der Waals surface area (Å²) in [6.45, 7) is 3.99. The van der Waals surface area contributed by atoms with Crippen molar-refractivity contribution in [2.45, 2.75) is 20.0 Å². The summed E-state index contributed by atoms with van der Waals surface area (Å²) in [4.78, 5) is 17.6. The largest absolute Gasteiger partial charge is 0.465 e. The molecule has 0 aliphatic carbocycles. The van der Waals surface area contributed by atoms with E-state index in [-0.39, 0.29) is 5.91 Å². The number of furan rings is 1. The molecule has 0 fully saturated rings. The van der Waals surface area contributed by atoms with Crippen molar-refractivity contribution < 1.29 is 9.21 Å². The third-order valence-electron chi connectivity index (χ3n) is 4.12. The van der Waals surface area contributed by atoms with Gasteiger partial charge in [0.1, 0.15) is 11.5 Å². The number of para-hydroxylation sites is 1. The number of nitrogens with one attached hydrogen (secondary N) is 1. The van der Waals surface area contributed by atoms with Crippen molar-refractivity contribution in [1.29, 1.82) is 0 Å². The molecule has 2 aliphatic heterocycles. The van der Waals surface area contributed by atoms with Crippen molar-refractivity contribution in [2.24, 2.45) is 10.1 Å². The molecule has 4 rings (SSSR count). The lowest BCUT2D eigenvalue weighted by atomic mass is 10.1. The van der Waals surface area contributed by atoms with Gasteiger partial charge in [-0.25, -0.2) is 5.01 Å². The maximum absolute atomic E-state index is 12.8. The van der Waals surface area contributed by atoms with Crippen LogP contribution < -0.4 is 15.9 Å². The number of hydrogen-bond donors (Lipinski definition) is 1. The zero-order valence-electron chi connectivity index (χ0n) is 14.5. The highest BCUT2D eigenvalue weighted by molar-refractivity contribution is 8.13. The second-order valence-electron chi connectivity index (χ2n) is 5.91. The monoisotopic (exact) mass is 366 g/mol. The Labute approximate surface area is 155 Å². The first-order valence-electron chi connectivity index (χ1n) is 8.38. The van der Waals surface area contributed by atoms with Gasteiger partial charge in [-0.05, 0) is 42.5 Å². The van der Waals surface area contributed by atoms with E-state index in [0.717, 1.165) is 27.7 Å². The van der Waals surface area contributed by atoms with E-state index in [4.69, 9.17) is 9.41 Å². The molecule has 2 aliphatic rings. The Morgan fingerprint density at radius 3 is 2.96 bits per heavy atom. The fraction of sp³-hybridized carbons (Fsp3) is 0.211. The summed E-state index contributed by atoms with van der Waals surface area (Å²) in [5.41, 5.74) is 1.46. The third-order valence-corrected chi connectivity index (χ3v) is 4.86. The number of rotatable bonds is 3. The van der Waals surface area contributed by atoms with Crippen LogP contribution >= 0.6 is 11.8 Å². The molecule has 6 nitrogen and oxygen atoms in total. The van der Waals surface area contributed by atoms with Gasteiger partial charge >= 0.3 is 0 Å². The molecule has 3 heterocycles. The molecule has 1 aromatic carbocycles. The van der Waals surface area contributed by atoms with Crippen molar-refractivity contribution in [1.82, 2.24) is 10.3 Å². The van der Waals surface area contributed by atoms with Gasteiger partial charge in [-0.2, -0.15) is 0 Å². The molecule has 1 amide bonds. The predicted octanol–water partition coefficient (Wildman–Crippen LogP) is 1.91. The van der Waals surface area contributed by atoms with Crippen LogP contribution in [0.25, 0.3) is 11.8 Å². The van der Waals surface area contributed by atoms with E-state index in [1.165, 1.54) is 11.8 Å². The molecule has 0 radical (unpaired) electrons. The predicted molar refractivity (Wildman–Crippen MR) is 102 cm³/mol. The quantitative estimate of drug-likeness (QED) is 0.901. The fourth-order valence-corrected chi connectivity index (χ4v) is 3.58. The molecule has 132 valence electrons. The first kappa shape index (κ1) is 16.7. The average Bonchev–Trinajstić information content (AvgIpc) is 3.14. The van der Waals surface area contributed by atoms with Crippen LogP contribution in [0.2, 0.25) is 0 Å². The minimum atomic E-state index is -0.400. The van der Waals surface area contributed by atoms with Crippen LogP contribution in [0.5, 0.6) is 0 Å². The molecule has 0 bridgehead atoms. The zero-order valence-corrected chi connectivity index (χ0v) is 15.3. The van der Waals surface area contributed by atoms with E-state index < -0.39 is 6.17 Å². The topological polar surface area (TPSA) is 70.2 Å². The molecule has 0 saturated carbocycles. The standard InChI is InChI=1S/C19H18N4O2S/c1-3-26-19-21-18(24)16-14-8-4-5-9-15(14)20-17(23(16)22-19)12(2)11-13-7-6-10-25-13/h4-11,17H,3H2,1-2H3,(H,21,22,24)/b12-11+. The van der Waals surface area contributed by atoms with Gasteiger partial charge in [0, 0.05) is 5.22 Å². The highest BCUT2D eigenvalue weighted by Crippen LogP contribution is 2.25. The molecule has 1 atom stereocenters. The number of hydrazone groups is 1. The smallest absolute Gasteiger partial charge is 0.276 e. The van der Waals surface area contributed by atoms with Gasteiger partial charge in [0.2, 0.25) is 0 Å². The SMILES string of the molecule is CCSC1=NN2C(=c3ccccc3=NC2/C(C)=C/c2ccco2)C(=O)N1. The lowest BCUT2D eigenvalue weighted by Crippen LogP contribution is -2.52. The molecule has 7 heteroatoms. The number of nitrogens with zero attached hydrogens (tertiary/aromatic N) is 3. The molecule has 1 aromatic heterocycles. The lowest BCUT2D eigenvalue weighted by molar-refractivity contribution is -0.116. The third kappa shape index (κ3) is 2.94. The molecule has 0 saturated heterocycles. The Balaban J connectivity index is 1.88. The van der Waals surface area contributed by atoms with Crippen LogP contribution in [0, 0.1) is 0 Å². The average molecular weight is 366 g/mol. The van der Waals surface area contributed by atoms with Gasteiger partial charge < -0.3 is 4.42 Å². The lowest BCUT2D eigenvalue weighted by Gasteiger charge is -2.34. The maximum Gasteiger partial charge on any atom is 0.276 e. The first-order chi connectivity index (χ1) is 12.7. The Morgan fingerprint density at radius 1 is 1.35 bits per heavy atom. The molecule has 26 heavy (non-hydrogen) atoms. The van der Waals surface area contributed by atoms with Gasteiger partial charge in [0.15, 0.2) is 11.3 Å². The summed E-state index contributed by atoms with van der Waals surface area (Å²) < 4.78 is 5.42. The van der Waals surface area contributed by atoms with Gasteiger partial charge in [-0.1, -0.05) is 36.9 Å². The highest BCUT2D eigenvalue weighted by Gasteiger charge is 2.34. The molecule has 1 unspecified atom stereocenters. The van der Waals surface area contributed by atoms with E-state index in [9.17, 15) is 4.79 Å². The second kappa shape index (κ2) is 6.84. The van der Waals surface area contributed by atoms with Crippen molar-refractivity contribution in [3.63, 3.8) is 0 Å². The number of carbonyl (C=O) groups is 1. The van der Waals surface area contributed by atoms with E-state index >= 15 is 0 Å². The summed E-state index contributed by atoms with van der Waals surface area (Å²) in [6, 6.07) is 11.4. The van der Waals surface area contributed by atoms with Crippen LogP contribution in [-0.4, -0.2) is 28.0 Å². The highest BCUT2D eigenvalue weighted by atomic mass is 32.2. The summed E-state index contributed by atoms with van der Waals surface area (Å²) in [5, 5.41) is 11.4. The summed E-state index contributed by atoms with van der Waals surface area (Å²) >= 11 is 1.50. The van der Waals surface area contributed by atoms with Gasteiger partial charge in [0.25, 0.3) is 5.91 Å². The van der Waals surface area contributed by atoms with Gasteiger partial charge in [-0.3, -0.25) is 15.1 Å². The number of fused-ring (bicyclic) bond motifs is 2. The van der Waals surface area contributed by atoms with Gasteiger partial charge in [-0.15, -0.1) is 5.10 Å². The van der Waals surface area contributed by atoms with Crippen LogP contribution in [0.1, 0.15) is 19.6 Å². The van der Waals surface area contributed by atoms with E-state index in [0.29, 0.717) is 10.9 Å².